The van der Waals surface area contributed by atoms with Gasteiger partial charge in [-0.1, -0.05) is 48.9 Å². The van der Waals surface area contributed by atoms with E-state index in [0.717, 1.165) is 19.0 Å². The van der Waals surface area contributed by atoms with Crippen molar-refractivity contribution in [1.82, 2.24) is 5.32 Å². The summed E-state index contributed by atoms with van der Waals surface area (Å²) in [4.78, 5) is 0. The Hall–Kier alpha value is -1.08. The van der Waals surface area contributed by atoms with E-state index in [0.29, 0.717) is 0 Å². The molecular formula is C13H17N. The van der Waals surface area contributed by atoms with Crippen LogP contribution in [0.4, 0.5) is 0 Å². The molecule has 74 valence electrons. The summed E-state index contributed by atoms with van der Waals surface area (Å²) in [6.45, 7) is 4.26. The van der Waals surface area contributed by atoms with Gasteiger partial charge in [-0.15, -0.1) is 0 Å². The topological polar surface area (TPSA) is 12.0 Å². The van der Waals surface area contributed by atoms with Gasteiger partial charge < -0.3 is 5.32 Å². The van der Waals surface area contributed by atoms with Crippen molar-refractivity contribution in [2.24, 2.45) is 5.92 Å². The van der Waals surface area contributed by atoms with E-state index in [4.69, 9.17) is 0 Å². The second kappa shape index (κ2) is 4.43. The molecule has 0 radical (unpaired) electrons. The minimum atomic E-state index is 0.855. The quantitative estimate of drug-likeness (QED) is 0.564. The summed E-state index contributed by atoms with van der Waals surface area (Å²) in [5.74, 6) is 0.855. The van der Waals surface area contributed by atoms with Crippen LogP contribution in [0, 0.1) is 5.92 Å². The third kappa shape index (κ3) is 2.71. The summed E-state index contributed by atoms with van der Waals surface area (Å²) in [6.07, 6.45) is 3.64. The van der Waals surface area contributed by atoms with Crippen LogP contribution in [0.1, 0.15) is 18.9 Å². The van der Waals surface area contributed by atoms with Gasteiger partial charge in [0.15, 0.2) is 0 Å². The molecule has 1 atom stereocenters. The minimum absolute atomic E-state index is 0.855. The molecule has 1 unspecified atom stereocenters. The molecule has 0 amide bonds. The second-order valence-corrected chi connectivity index (χ2v) is 4.00. The Balaban J connectivity index is 1.69. The SMILES string of the molecule is CC1C/C1=C\CNCc1ccccc1. The molecule has 1 fully saturated rings. The van der Waals surface area contributed by atoms with Crippen LogP contribution in [0.3, 0.4) is 0 Å². The molecule has 0 bridgehead atoms. The van der Waals surface area contributed by atoms with E-state index in [1.54, 1.807) is 5.57 Å². The van der Waals surface area contributed by atoms with Gasteiger partial charge in [-0.3, -0.25) is 0 Å². The highest BCUT2D eigenvalue weighted by atomic mass is 14.8. The number of benzene rings is 1. The first-order chi connectivity index (χ1) is 6.86. The average molecular weight is 187 g/mol. The molecule has 1 saturated carbocycles. The van der Waals surface area contributed by atoms with Gasteiger partial charge >= 0.3 is 0 Å². The summed E-state index contributed by atoms with van der Waals surface area (Å²) in [5.41, 5.74) is 2.97. The highest BCUT2D eigenvalue weighted by Gasteiger charge is 2.22. The number of nitrogens with one attached hydrogen (secondary N) is 1. The van der Waals surface area contributed by atoms with Crippen LogP contribution in [0.25, 0.3) is 0 Å². The molecule has 1 nitrogen and oxygen atoms in total. The molecule has 0 aliphatic heterocycles. The van der Waals surface area contributed by atoms with Crippen molar-refractivity contribution < 1.29 is 0 Å². The fourth-order valence-electron chi connectivity index (χ4n) is 1.59. The molecule has 1 heteroatoms. The fraction of sp³-hybridized carbons (Fsp3) is 0.385. The van der Waals surface area contributed by atoms with Gasteiger partial charge in [-0.25, -0.2) is 0 Å². The van der Waals surface area contributed by atoms with E-state index in [2.05, 4.69) is 48.6 Å². The number of hydrogen-bond donors (Lipinski definition) is 1. The maximum absolute atomic E-state index is 3.42. The molecule has 1 aromatic carbocycles. The predicted octanol–water partition coefficient (Wildman–Crippen LogP) is 2.74. The Bertz CT molecular complexity index is 313. The van der Waals surface area contributed by atoms with Crippen molar-refractivity contribution in [3.05, 3.63) is 47.5 Å². The highest BCUT2D eigenvalue weighted by Crippen LogP contribution is 2.36. The van der Waals surface area contributed by atoms with Gasteiger partial charge in [0.2, 0.25) is 0 Å². The van der Waals surface area contributed by atoms with Crippen molar-refractivity contribution in [2.45, 2.75) is 19.9 Å². The number of allylic oxidation sites excluding steroid dienone is 1. The van der Waals surface area contributed by atoms with E-state index in [-0.39, 0.29) is 0 Å². The van der Waals surface area contributed by atoms with Crippen LogP contribution in [0.5, 0.6) is 0 Å². The van der Waals surface area contributed by atoms with Gasteiger partial charge in [0.25, 0.3) is 0 Å². The lowest BCUT2D eigenvalue weighted by molar-refractivity contribution is 0.758. The maximum Gasteiger partial charge on any atom is 0.0208 e. The van der Waals surface area contributed by atoms with Crippen LogP contribution in [-0.4, -0.2) is 6.54 Å². The Morgan fingerprint density at radius 3 is 2.71 bits per heavy atom. The zero-order valence-corrected chi connectivity index (χ0v) is 8.66. The summed E-state index contributed by atoms with van der Waals surface area (Å²) < 4.78 is 0. The Morgan fingerprint density at radius 2 is 2.07 bits per heavy atom. The van der Waals surface area contributed by atoms with Gasteiger partial charge in [0.05, 0.1) is 0 Å². The third-order valence-electron chi connectivity index (χ3n) is 2.70. The van der Waals surface area contributed by atoms with E-state index in [9.17, 15) is 0 Å². The first-order valence-corrected chi connectivity index (χ1v) is 5.30. The molecule has 1 aliphatic rings. The summed E-state index contributed by atoms with van der Waals surface area (Å²) in [6, 6.07) is 10.5. The molecule has 0 heterocycles. The lowest BCUT2D eigenvalue weighted by Crippen LogP contribution is -2.12. The standard InChI is InChI=1S/C13H17N/c1-11-9-13(11)7-8-14-10-12-5-3-2-4-6-12/h2-7,11,14H,8-10H2,1H3/b13-7+. The lowest BCUT2D eigenvalue weighted by atomic mass is 10.2. The van der Waals surface area contributed by atoms with Gasteiger partial charge in [0, 0.05) is 13.1 Å². The first-order valence-electron chi connectivity index (χ1n) is 5.30. The van der Waals surface area contributed by atoms with Crippen molar-refractivity contribution in [1.29, 1.82) is 0 Å². The molecular weight excluding hydrogens is 170 g/mol. The van der Waals surface area contributed by atoms with Crippen molar-refractivity contribution >= 4 is 0 Å². The zero-order valence-electron chi connectivity index (χ0n) is 8.66. The molecule has 2 rings (SSSR count). The van der Waals surface area contributed by atoms with E-state index in [1.807, 2.05) is 0 Å². The Morgan fingerprint density at radius 1 is 1.36 bits per heavy atom. The van der Waals surface area contributed by atoms with Crippen LogP contribution in [-0.2, 0) is 6.54 Å². The van der Waals surface area contributed by atoms with Crippen LogP contribution in [0.2, 0.25) is 0 Å². The smallest absolute Gasteiger partial charge is 0.0208 e. The average Bonchev–Trinajstić information content (AvgIpc) is 2.91. The van der Waals surface area contributed by atoms with Crippen LogP contribution < -0.4 is 5.32 Å². The monoisotopic (exact) mass is 187 g/mol. The minimum Gasteiger partial charge on any atom is -0.309 e. The van der Waals surface area contributed by atoms with Crippen molar-refractivity contribution in [3.63, 3.8) is 0 Å². The Kier molecular flexibility index (Phi) is 3.00. The largest absolute Gasteiger partial charge is 0.309 e. The number of rotatable bonds is 4. The highest BCUT2D eigenvalue weighted by molar-refractivity contribution is 5.22. The normalized spacial score (nSPS) is 22.6. The molecule has 1 N–H and O–H groups in total. The van der Waals surface area contributed by atoms with Crippen molar-refractivity contribution in [2.75, 3.05) is 6.54 Å². The van der Waals surface area contributed by atoms with E-state index in [1.165, 1.54) is 12.0 Å². The fourth-order valence-corrected chi connectivity index (χ4v) is 1.59. The second-order valence-electron chi connectivity index (χ2n) is 4.00. The lowest BCUT2D eigenvalue weighted by Gasteiger charge is -2.00. The molecule has 0 saturated heterocycles. The molecule has 14 heavy (non-hydrogen) atoms. The summed E-state index contributed by atoms with van der Waals surface area (Å²) in [7, 11) is 0. The molecule has 1 aliphatic carbocycles. The summed E-state index contributed by atoms with van der Waals surface area (Å²) >= 11 is 0. The molecule has 0 spiro atoms. The molecule has 0 aromatic heterocycles. The Labute approximate surface area is 85.8 Å². The van der Waals surface area contributed by atoms with E-state index >= 15 is 0 Å². The maximum atomic E-state index is 3.42. The predicted molar refractivity (Wildman–Crippen MR) is 60.0 cm³/mol. The van der Waals surface area contributed by atoms with E-state index < -0.39 is 0 Å². The summed E-state index contributed by atoms with van der Waals surface area (Å²) in [5, 5.41) is 3.42. The van der Waals surface area contributed by atoms with Gasteiger partial charge in [0.1, 0.15) is 0 Å². The first kappa shape index (κ1) is 9.47. The third-order valence-corrected chi connectivity index (χ3v) is 2.70. The molecule has 1 aromatic rings. The van der Waals surface area contributed by atoms with Gasteiger partial charge in [-0.05, 0) is 17.9 Å². The number of hydrogen-bond acceptors (Lipinski definition) is 1. The van der Waals surface area contributed by atoms with Gasteiger partial charge in [-0.2, -0.15) is 0 Å². The van der Waals surface area contributed by atoms with Crippen LogP contribution in [0.15, 0.2) is 42.0 Å². The van der Waals surface area contributed by atoms with Crippen molar-refractivity contribution in [3.8, 4) is 0 Å². The van der Waals surface area contributed by atoms with Crippen LogP contribution >= 0.6 is 0 Å². The zero-order chi connectivity index (χ0) is 9.80.